The fraction of sp³-hybridized carbons (Fsp3) is 0.529. The Bertz CT molecular complexity index is 648. The lowest BCUT2D eigenvalue weighted by Gasteiger charge is -2.36. The van der Waals surface area contributed by atoms with Crippen LogP contribution in [0.15, 0.2) is 28.7 Å². The van der Waals surface area contributed by atoms with Crippen LogP contribution in [0.4, 0.5) is 0 Å². The Morgan fingerprint density at radius 1 is 1.28 bits per heavy atom. The summed E-state index contributed by atoms with van der Waals surface area (Å²) in [5, 5.41) is 6.74. The third kappa shape index (κ3) is 5.90. The van der Waals surface area contributed by atoms with Crippen molar-refractivity contribution in [2.24, 2.45) is 4.99 Å². The van der Waals surface area contributed by atoms with E-state index in [-0.39, 0.29) is 24.0 Å². The average Bonchev–Trinajstić information content (AvgIpc) is 3.28. The van der Waals surface area contributed by atoms with E-state index in [0.29, 0.717) is 0 Å². The summed E-state index contributed by atoms with van der Waals surface area (Å²) in [4.78, 5) is 16.6. The van der Waals surface area contributed by atoms with E-state index in [1.54, 1.807) is 11.3 Å². The maximum Gasteiger partial charge on any atom is 0.194 e. The molecule has 138 valence electrons. The lowest BCUT2D eigenvalue weighted by atomic mass is 10.3. The predicted molar refractivity (Wildman–Crippen MR) is 118 cm³/mol. The maximum absolute atomic E-state index is 4.47. The van der Waals surface area contributed by atoms with Gasteiger partial charge in [0.05, 0.1) is 6.54 Å². The quantitative estimate of drug-likeness (QED) is 0.396. The third-order valence-electron chi connectivity index (χ3n) is 4.19. The van der Waals surface area contributed by atoms with Gasteiger partial charge in [-0.3, -0.25) is 9.89 Å². The summed E-state index contributed by atoms with van der Waals surface area (Å²) in [5.74, 6) is 0.985. The largest absolute Gasteiger partial charge is 0.350 e. The van der Waals surface area contributed by atoms with E-state index in [1.165, 1.54) is 9.75 Å². The van der Waals surface area contributed by atoms with Crippen LogP contribution in [-0.4, -0.2) is 54.0 Å². The Hall–Kier alpha value is -0.710. The number of halogens is 1. The van der Waals surface area contributed by atoms with Gasteiger partial charge in [-0.15, -0.1) is 46.7 Å². The van der Waals surface area contributed by atoms with Crippen LogP contribution in [0.2, 0.25) is 0 Å². The van der Waals surface area contributed by atoms with Crippen LogP contribution in [0.5, 0.6) is 0 Å². The molecule has 25 heavy (non-hydrogen) atoms. The number of piperazine rings is 1. The zero-order chi connectivity index (χ0) is 16.8. The molecule has 0 aromatic carbocycles. The van der Waals surface area contributed by atoms with Crippen LogP contribution < -0.4 is 5.32 Å². The number of thiazole rings is 1. The molecule has 0 spiro atoms. The fourth-order valence-electron chi connectivity index (χ4n) is 2.82. The van der Waals surface area contributed by atoms with Crippen molar-refractivity contribution in [3.63, 3.8) is 0 Å². The van der Waals surface area contributed by atoms with Crippen molar-refractivity contribution >= 4 is 52.6 Å². The number of thiophene rings is 1. The molecule has 0 aliphatic carbocycles. The third-order valence-corrected chi connectivity index (χ3v) is 6.19. The van der Waals surface area contributed by atoms with Crippen LogP contribution in [0.1, 0.15) is 21.7 Å². The van der Waals surface area contributed by atoms with Crippen molar-refractivity contribution < 1.29 is 0 Å². The van der Waals surface area contributed by atoms with E-state index < -0.39 is 0 Å². The molecule has 2 aromatic rings. The molecule has 3 heterocycles. The first-order chi connectivity index (χ1) is 11.8. The average molecular weight is 491 g/mol. The zero-order valence-corrected chi connectivity index (χ0v) is 18.7. The van der Waals surface area contributed by atoms with Gasteiger partial charge in [0.1, 0.15) is 5.01 Å². The molecule has 0 atom stereocenters. The van der Waals surface area contributed by atoms with Gasteiger partial charge < -0.3 is 10.2 Å². The van der Waals surface area contributed by atoms with Crippen LogP contribution in [0.25, 0.3) is 0 Å². The van der Waals surface area contributed by atoms with Crippen molar-refractivity contribution in [2.75, 3.05) is 33.2 Å². The number of nitrogens with zero attached hydrogens (tertiary/aromatic N) is 4. The molecular weight excluding hydrogens is 465 g/mol. The molecule has 1 aliphatic heterocycles. The molecule has 0 bridgehead atoms. The molecule has 1 saturated heterocycles. The minimum Gasteiger partial charge on any atom is -0.350 e. The standard InChI is InChI=1S/C17H25N5S2.HI/c1-3-14-11-19-16(24-14)12-20-17(18-2)22-8-6-21(7-9-22)13-15-5-4-10-23-15;/h4-5,10-11H,3,6-9,12-13H2,1-2H3,(H,18,20);1H. The number of hydrogen-bond donors (Lipinski definition) is 1. The minimum atomic E-state index is 0. The summed E-state index contributed by atoms with van der Waals surface area (Å²) in [7, 11) is 1.86. The molecule has 0 radical (unpaired) electrons. The number of guanidine groups is 1. The van der Waals surface area contributed by atoms with Gasteiger partial charge in [0.25, 0.3) is 0 Å². The maximum atomic E-state index is 4.47. The second kappa shape index (κ2) is 10.4. The highest BCUT2D eigenvalue weighted by atomic mass is 127. The molecule has 3 rings (SSSR count). The van der Waals surface area contributed by atoms with Crippen molar-refractivity contribution in [3.8, 4) is 0 Å². The van der Waals surface area contributed by atoms with E-state index in [1.807, 2.05) is 24.6 Å². The first-order valence-corrected chi connectivity index (χ1v) is 10.1. The second-order valence-electron chi connectivity index (χ2n) is 5.82. The number of nitrogens with one attached hydrogen (secondary N) is 1. The Labute approximate surface area is 175 Å². The molecule has 8 heteroatoms. The SMILES string of the molecule is CCc1cnc(CNC(=NC)N2CCN(Cc3cccs3)CC2)s1.I. The van der Waals surface area contributed by atoms with Crippen LogP contribution >= 0.6 is 46.7 Å². The van der Waals surface area contributed by atoms with Crippen LogP contribution in [0, 0.1) is 0 Å². The van der Waals surface area contributed by atoms with Crippen LogP contribution in [-0.2, 0) is 19.5 Å². The molecule has 2 aromatic heterocycles. The van der Waals surface area contributed by atoms with Gasteiger partial charge in [-0.05, 0) is 17.9 Å². The first-order valence-electron chi connectivity index (χ1n) is 8.42. The van der Waals surface area contributed by atoms with Gasteiger partial charge in [0, 0.05) is 55.7 Å². The molecule has 5 nitrogen and oxygen atoms in total. The Balaban J connectivity index is 0.00000225. The highest BCUT2D eigenvalue weighted by Crippen LogP contribution is 2.15. The van der Waals surface area contributed by atoms with Crippen molar-refractivity contribution in [1.29, 1.82) is 0 Å². The summed E-state index contributed by atoms with van der Waals surface area (Å²) >= 11 is 3.62. The summed E-state index contributed by atoms with van der Waals surface area (Å²) in [5.41, 5.74) is 0. The van der Waals surface area contributed by atoms with Gasteiger partial charge >= 0.3 is 0 Å². The summed E-state index contributed by atoms with van der Waals surface area (Å²) < 4.78 is 0. The van der Waals surface area contributed by atoms with Crippen molar-refractivity contribution in [3.05, 3.63) is 38.5 Å². The molecular formula is C17H26IN5S2. The van der Waals surface area contributed by atoms with Gasteiger partial charge in [-0.1, -0.05) is 13.0 Å². The topological polar surface area (TPSA) is 43.8 Å². The van der Waals surface area contributed by atoms with Gasteiger partial charge in [0.2, 0.25) is 0 Å². The zero-order valence-electron chi connectivity index (χ0n) is 14.8. The molecule has 0 amide bonds. The number of aromatic nitrogens is 1. The normalized spacial score (nSPS) is 15.9. The smallest absolute Gasteiger partial charge is 0.194 e. The second-order valence-corrected chi connectivity index (χ2v) is 8.05. The number of rotatable bonds is 5. The molecule has 1 N–H and O–H groups in total. The highest BCUT2D eigenvalue weighted by Gasteiger charge is 2.20. The van der Waals surface area contributed by atoms with Gasteiger partial charge in [-0.2, -0.15) is 0 Å². The Kier molecular flexibility index (Phi) is 8.60. The summed E-state index contributed by atoms with van der Waals surface area (Å²) in [6, 6.07) is 4.35. The van der Waals surface area contributed by atoms with Crippen molar-refractivity contribution in [1.82, 2.24) is 20.1 Å². The predicted octanol–water partition coefficient (Wildman–Crippen LogP) is 3.28. The lowest BCUT2D eigenvalue weighted by Crippen LogP contribution is -2.51. The number of aryl methyl sites for hydroxylation is 1. The fourth-order valence-corrected chi connectivity index (χ4v) is 4.37. The monoisotopic (exact) mass is 491 g/mol. The lowest BCUT2D eigenvalue weighted by molar-refractivity contribution is 0.173. The van der Waals surface area contributed by atoms with Gasteiger partial charge in [0.15, 0.2) is 5.96 Å². The summed E-state index contributed by atoms with van der Waals surface area (Å²) in [6.45, 7) is 8.18. The number of aliphatic imine (C=N–C) groups is 1. The van der Waals surface area contributed by atoms with Crippen molar-refractivity contribution in [2.45, 2.75) is 26.4 Å². The molecule has 1 aliphatic rings. The Morgan fingerprint density at radius 2 is 2.08 bits per heavy atom. The van der Waals surface area contributed by atoms with E-state index in [2.05, 4.69) is 49.5 Å². The van der Waals surface area contributed by atoms with E-state index in [0.717, 1.165) is 56.7 Å². The van der Waals surface area contributed by atoms with Crippen LogP contribution in [0.3, 0.4) is 0 Å². The molecule has 1 fully saturated rings. The highest BCUT2D eigenvalue weighted by molar-refractivity contribution is 14.0. The first kappa shape index (κ1) is 20.6. The minimum absolute atomic E-state index is 0. The van der Waals surface area contributed by atoms with E-state index >= 15 is 0 Å². The molecule has 0 saturated carbocycles. The summed E-state index contributed by atoms with van der Waals surface area (Å²) in [6.07, 6.45) is 3.03. The van der Waals surface area contributed by atoms with E-state index in [9.17, 15) is 0 Å². The molecule has 0 unspecified atom stereocenters. The van der Waals surface area contributed by atoms with E-state index in [4.69, 9.17) is 0 Å². The van der Waals surface area contributed by atoms with Gasteiger partial charge in [-0.25, -0.2) is 4.98 Å². The number of hydrogen-bond acceptors (Lipinski definition) is 5. The Morgan fingerprint density at radius 3 is 2.68 bits per heavy atom.